The van der Waals surface area contributed by atoms with Crippen LogP contribution in [0.5, 0.6) is 0 Å². The summed E-state index contributed by atoms with van der Waals surface area (Å²) in [5.74, 6) is -0.683. The van der Waals surface area contributed by atoms with E-state index in [2.05, 4.69) is 5.32 Å². The molecule has 29 heavy (non-hydrogen) atoms. The van der Waals surface area contributed by atoms with Crippen LogP contribution < -0.4 is 9.62 Å². The predicted molar refractivity (Wildman–Crippen MR) is 106 cm³/mol. The van der Waals surface area contributed by atoms with Crippen molar-refractivity contribution in [3.05, 3.63) is 64.2 Å². The molecule has 0 heterocycles. The van der Waals surface area contributed by atoms with Gasteiger partial charge in [0.15, 0.2) is 0 Å². The van der Waals surface area contributed by atoms with E-state index in [4.69, 9.17) is 11.6 Å². The summed E-state index contributed by atoms with van der Waals surface area (Å²) in [7, 11) is -4.08. The standard InChI is InChI=1S/C19H20ClF3N2O3S/c1-12-4-6-14(7-5-12)13(2)24-18(26)11-25(29(3,27)28)17-10-15(19(21,22)23)8-9-16(17)20/h4-10,13H,11H2,1-3H3,(H,24,26)/t13-/m0/s1. The molecule has 0 saturated carbocycles. The third-order valence-electron chi connectivity index (χ3n) is 4.18. The summed E-state index contributed by atoms with van der Waals surface area (Å²) in [6, 6.07) is 9.24. The van der Waals surface area contributed by atoms with Gasteiger partial charge in [-0.2, -0.15) is 13.2 Å². The molecule has 0 unspecified atom stereocenters. The summed E-state index contributed by atoms with van der Waals surface area (Å²) in [5.41, 5.74) is 0.350. The minimum atomic E-state index is -4.69. The molecule has 1 amide bonds. The molecule has 0 aliphatic rings. The number of halogens is 4. The van der Waals surface area contributed by atoms with Gasteiger partial charge in [-0.05, 0) is 37.6 Å². The van der Waals surface area contributed by atoms with Gasteiger partial charge in [-0.3, -0.25) is 9.10 Å². The van der Waals surface area contributed by atoms with E-state index in [0.717, 1.165) is 29.5 Å². The highest BCUT2D eigenvalue weighted by atomic mass is 35.5. The third kappa shape index (κ3) is 6.11. The van der Waals surface area contributed by atoms with Crippen molar-refractivity contribution in [3.63, 3.8) is 0 Å². The first kappa shape index (κ1) is 23.0. The number of benzene rings is 2. The minimum Gasteiger partial charge on any atom is -0.348 e. The van der Waals surface area contributed by atoms with E-state index in [1.807, 2.05) is 31.2 Å². The van der Waals surface area contributed by atoms with E-state index in [1.54, 1.807) is 6.92 Å². The molecule has 2 rings (SSSR count). The van der Waals surface area contributed by atoms with Gasteiger partial charge < -0.3 is 5.32 Å². The average molecular weight is 449 g/mol. The number of carbonyl (C=O) groups is 1. The van der Waals surface area contributed by atoms with Crippen LogP contribution in [0.25, 0.3) is 0 Å². The average Bonchev–Trinajstić information content (AvgIpc) is 2.59. The maximum Gasteiger partial charge on any atom is 0.416 e. The molecule has 0 bridgehead atoms. The van der Waals surface area contributed by atoms with E-state index in [9.17, 15) is 26.4 Å². The van der Waals surface area contributed by atoms with Gasteiger partial charge in [0.25, 0.3) is 0 Å². The van der Waals surface area contributed by atoms with Gasteiger partial charge in [0.1, 0.15) is 6.54 Å². The monoisotopic (exact) mass is 448 g/mol. The summed E-state index contributed by atoms with van der Waals surface area (Å²) >= 11 is 5.94. The Morgan fingerprint density at radius 2 is 1.76 bits per heavy atom. The Bertz CT molecular complexity index is 993. The fourth-order valence-electron chi connectivity index (χ4n) is 2.62. The minimum absolute atomic E-state index is 0.220. The highest BCUT2D eigenvalue weighted by molar-refractivity contribution is 7.92. The molecular formula is C19H20ClF3N2O3S. The number of hydrogen-bond donors (Lipinski definition) is 1. The highest BCUT2D eigenvalue weighted by Gasteiger charge is 2.33. The fourth-order valence-corrected chi connectivity index (χ4v) is 3.75. The zero-order valence-electron chi connectivity index (χ0n) is 15.9. The van der Waals surface area contributed by atoms with Gasteiger partial charge in [-0.25, -0.2) is 8.42 Å². The molecule has 10 heteroatoms. The van der Waals surface area contributed by atoms with Crippen molar-refractivity contribution in [2.45, 2.75) is 26.1 Å². The number of hydrogen-bond acceptors (Lipinski definition) is 3. The van der Waals surface area contributed by atoms with Crippen molar-refractivity contribution >= 4 is 33.2 Å². The Balaban J connectivity index is 2.28. The zero-order valence-corrected chi connectivity index (χ0v) is 17.5. The van der Waals surface area contributed by atoms with E-state index in [-0.39, 0.29) is 5.02 Å². The van der Waals surface area contributed by atoms with Crippen LogP contribution in [0.1, 0.15) is 29.7 Å². The number of aryl methyl sites for hydroxylation is 1. The van der Waals surface area contributed by atoms with Crippen molar-refractivity contribution in [3.8, 4) is 0 Å². The number of alkyl halides is 3. The van der Waals surface area contributed by atoms with E-state index in [1.165, 1.54) is 0 Å². The van der Waals surface area contributed by atoms with Gasteiger partial charge in [0.2, 0.25) is 15.9 Å². The molecule has 0 radical (unpaired) electrons. The normalized spacial score (nSPS) is 13.1. The van der Waals surface area contributed by atoms with Crippen LogP contribution in [0.3, 0.4) is 0 Å². The van der Waals surface area contributed by atoms with Crippen molar-refractivity contribution in [2.24, 2.45) is 0 Å². The summed E-state index contributed by atoms with van der Waals surface area (Å²) in [4.78, 5) is 12.4. The van der Waals surface area contributed by atoms with Crippen LogP contribution in [-0.2, 0) is 21.0 Å². The molecule has 5 nitrogen and oxygen atoms in total. The second kappa shape index (κ2) is 8.62. The van der Waals surface area contributed by atoms with Crippen LogP contribution in [0.15, 0.2) is 42.5 Å². The molecule has 158 valence electrons. The molecular weight excluding hydrogens is 429 g/mol. The highest BCUT2D eigenvalue weighted by Crippen LogP contribution is 2.36. The maximum absolute atomic E-state index is 13.0. The molecule has 1 atom stereocenters. The Hall–Kier alpha value is -2.26. The Labute approximate surface area is 172 Å². The third-order valence-corrected chi connectivity index (χ3v) is 5.63. The SMILES string of the molecule is Cc1ccc([C@H](C)NC(=O)CN(c2cc(C(F)(F)F)ccc2Cl)S(C)(=O)=O)cc1. The Morgan fingerprint density at radius 1 is 1.17 bits per heavy atom. The van der Waals surface area contributed by atoms with Crippen LogP contribution in [0, 0.1) is 6.92 Å². The van der Waals surface area contributed by atoms with Gasteiger partial charge in [0.05, 0.1) is 28.6 Å². The second-order valence-electron chi connectivity index (χ2n) is 6.63. The number of sulfonamides is 1. The Kier molecular flexibility index (Phi) is 6.85. The lowest BCUT2D eigenvalue weighted by Gasteiger charge is -2.25. The van der Waals surface area contributed by atoms with Gasteiger partial charge in [0, 0.05) is 0 Å². The first-order valence-electron chi connectivity index (χ1n) is 8.49. The molecule has 2 aromatic rings. The lowest BCUT2D eigenvalue weighted by Crippen LogP contribution is -2.41. The van der Waals surface area contributed by atoms with E-state index >= 15 is 0 Å². The van der Waals surface area contributed by atoms with Crippen LogP contribution in [0.2, 0.25) is 5.02 Å². The van der Waals surface area contributed by atoms with Gasteiger partial charge >= 0.3 is 6.18 Å². The molecule has 1 N–H and O–H groups in total. The molecule has 0 aromatic heterocycles. The van der Waals surface area contributed by atoms with Crippen molar-refractivity contribution in [1.29, 1.82) is 0 Å². The first-order valence-corrected chi connectivity index (χ1v) is 10.7. The first-order chi connectivity index (χ1) is 13.3. The smallest absolute Gasteiger partial charge is 0.348 e. The second-order valence-corrected chi connectivity index (χ2v) is 8.95. The van der Waals surface area contributed by atoms with Crippen molar-refractivity contribution < 1.29 is 26.4 Å². The topological polar surface area (TPSA) is 66.5 Å². The number of carbonyl (C=O) groups excluding carboxylic acids is 1. The summed E-state index contributed by atoms with van der Waals surface area (Å²) in [5, 5.41) is 2.42. The number of nitrogens with one attached hydrogen (secondary N) is 1. The molecule has 0 saturated heterocycles. The molecule has 0 fully saturated rings. The molecule has 2 aromatic carbocycles. The van der Waals surface area contributed by atoms with Crippen LogP contribution in [-0.4, -0.2) is 27.1 Å². The number of anilines is 1. The maximum atomic E-state index is 13.0. The van der Waals surface area contributed by atoms with Gasteiger partial charge in [-0.1, -0.05) is 41.4 Å². The lowest BCUT2D eigenvalue weighted by molar-refractivity contribution is -0.137. The van der Waals surface area contributed by atoms with E-state index in [0.29, 0.717) is 10.4 Å². The van der Waals surface area contributed by atoms with Crippen molar-refractivity contribution in [2.75, 3.05) is 17.1 Å². The number of nitrogens with zero attached hydrogens (tertiary/aromatic N) is 1. The quantitative estimate of drug-likeness (QED) is 0.716. The summed E-state index contributed by atoms with van der Waals surface area (Å²) < 4.78 is 64.0. The van der Waals surface area contributed by atoms with Crippen molar-refractivity contribution in [1.82, 2.24) is 5.32 Å². The van der Waals surface area contributed by atoms with Gasteiger partial charge in [-0.15, -0.1) is 0 Å². The molecule has 0 aliphatic heterocycles. The number of rotatable bonds is 6. The lowest BCUT2D eigenvalue weighted by atomic mass is 10.1. The summed E-state index contributed by atoms with van der Waals surface area (Å²) in [6.45, 7) is 2.91. The zero-order chi connectivity index (χ0) is 22.0. The van der Waals surface area contributed by atoms with Crippen LogP contribution in [0.4, 0.5) is 18.9 Å². The van der Waals surface area contributed by atoms with Crippen LogP contribution >= 0.6 is 11.6 Å². The molecule has 0 spiro atoms. The Morgan fingerprint density at radius 3 is 2.28 bits per heavy atom. The number of amides is 1. The summed E-state index contributed by atoms with van der Waals surface area (Å²) in [6.07, 6.45) is -3.90. The largest absolute Gasteiger partial charge is 0.416 e. The fraction of sp³-hybridized carbons (Fsp3) is 0.316. The predicted octanol–water partition coefficient (Wildman–Crippen LogP) is 4.31. The molecule has 0 aliphatic carbocycles. The van der Waals surface area contributed by atoms with E-state index < -0.39 is 45.9 Å².